The summed E-state index contributed by atoms with van der Waals surface area (Å²) in [5.74, 6) is -0.563. The van der Waals surface area contributed by atoms with Crippen LogP contribution in [0.15, 0.2) is 158 Å². The Morgan fingerprint density at radius 2 is 0.793 bits per heavy atom. The summed E-state index contributed by atoms with van der Waals surface area (Å²) in [6.07, 6.45) is 0. The van der Waals surface area contributed by atoms with E-state index in [1.54, 1.807) is 57.9 Å². The number of hydrogen-bond acceptors (Lipinski definition) is 5. The van der Waals surface area contributed by atoms with Crippen molar-refractivity contribution < 1.29 is 14.4 Å². The highest BCUT2D eigenvalue weighted by Crippen LogP contribution is 2.37. The normalized spacial score (nSPS) is 11.0. The summed E-state index contributed by atoms with van der Waals surface area (Å²) in [7, 11) is 0. The molecule has 8 aromatic rings. The van der Waals surface area contributed by atoms with Crippen molar-refractivity contribution in [2.45, 2.75) is 27.7 Å². The van der Waals surface area contributed by atoms with Gasteiger partial charge in [-0.1, -0.05) is 146 Å². The zero-order valence-corrected chi connectivity index (χ0v) is 32.5. The van der Waals surface area contributed by atoms with Gasteiger partial charge in [0.25, 0.3) is 0 Å². The quantitative estimate of drug-likeness (QED) is 0.135. The summed E-state index contributed by atoms with van der Waals surface area (Å²) >= 11 is 0. The van der Waals surface area contributed by atoms with Gasteiger partial charge in [-0.25, -0.2) is 14.2 Å². The number of urea groups is 1. The zero-order valence-electron chi connectivity index (χ0n) is 32.5. The van der Waals surface area contributed by atoms with Crippen LogP contribution in [-0.2, 0) is 0 Å². The molecule has 0 radical (unpaired) electrons. The molecular formula is C49H40N6O3. The number of hydrogen-bond donors (Lipinski definition) is 2. The Bertz CT molecular complexity index is 2620. The first kappa shape index (κ1) is 37.3. The van der Waals surface area contributed by atoms with Gasteiger partial charge in [-0.3, -0.25) is 20.2 Å². The molecule has 0 aliphatic carbocycles. The second-order valence-corrected chi connectivity index (χ2v) is 14.2. The number of carbonyl (C=O) groups excluding carboxylic acids is 3. The maximum absolute atomic E-state index is 14.6. The predicted molar refractivity (Wildman–Crippen MR) is 229 cm³/mol. The van der Waals surface area contributed by atoms with E-state index in [2.05, 4.69) is 10.6 Å². The van der Waals surface area contributed by atoms with Gasteiger partial charge < -0.3 is 0 Å². The van der Waals surface area contributed by atoms with Gasteiger partial charge in [-0.05, 0) is 62.1 Å². The lowest BCUT2D eigenvalue weighted by atomic mass is 9.98. The van der Waals surface area contributed by atoms with E-state index >= 15 is 0 Å². The van der Waals surface area contributed by atoms with Crippen LogP contribution < -0.4 is 10.6 Å². The molecule has 0 unspecified atom stereocenters. The molecule has 2 amide bonds. The lowest BCUT2D eigenvalue weighted by Gasteiger charge is -2.13. The zero-order chi connectivity index (χ0) is 40.3. The van der Waals surface area contributed by atoms with Crippen LogP contribution in [0.3, 0.4) is 0 Å². The molecule has 6 aromatic carbocycles. The largest absolute Gasteiger partial charge is 0.326 e. The van der Waals surface area contributed by atoms with E-state index < -0.39 is 6.03 Å². The van der Waals surface area contributed by atoms with Crippen molar-refractivity contribution in [2.75, 3.05) is 10.6 Å². The molecule has 58 heavy (non-hydrogen) atoms. The van der Waals surface area contributed by atoms with Crippen LogP contribution in [0, 0.1) is 27.7 Å². The van der Waals surface area contributed by atoms with Gasteiger partial charge in [0, 0.05) is 22.3 Å². The number of benzene rings is 6. The SMILES string of the molecule is Cc1ccc(C)c(-n2nc(NC(=O)Nc3nn(-c4cc(C)ccc4C)c(-c4ccccc4)c3C(=O)c3ccccc3)c(C(=O)c3ccccc3)c2-c2ccccc2)c1. The Hall–Kier alpha value is -7.65. The number of rotatable bonds is 10. The first-order valence-corrected chi connectivity index (χ1v) is 19.0. The van der Waals surface area contributed by atoms with Gasteiger partial charge in [0.1, 0.15) is 0 Å². The molecule has 0 bridgehead atoms. The molecule has 9 nitrogen and oxygen atoms in total. The van der Waals surface area contributed by atoms with Crippen LogP contribution in [0.1, 0.15) is 54.1 Å². The third-order valence-electron chi connectivity index (χ3n) is 10.0. The Morgan fingerprint density at radius 3 is 1.16 bits per heavy atom. The van der Waals surface area contributed by atoms with Crippen LogP contribution in [0.2, 0.25) is 0 Å². The van der Waals surface area contributed by atoms with Crippen LogP contribution in [-0.4, -0.2) is 37.2 Å². The highest BCUT2D eigenvalue weighted by molar-refractivity contribution is 6.19. The number of nitrogens with zero attached hydrogens (tertiary/aromatic N) is 4. The maximum Gasteiger partial charge on any atom is 0.326 e. The molecule has 0 atom stereocenters. The van der Waals surface area contributed by atoms with E-state index in [4.69, 9.17) is 10.2 Å². The molecule has 0 spiro atoms. The van der Waals surface area contributed by atoms with Crippen molar-refractivity contribution in [1.29, 1.82) is 0 Å². The minimum Gasteiger partial charge on any atom is -0.290 e. The summed E-state index contributed by atoms with van der Waals surface area (Å²) in [6, 6.07) is 48.2. The number of ketones is 2. The van der Waals surface area contributed by atoms with E-state index in [1.165, 1.54) is 0 Å². The maximum atomic E-state index is 14.6. The van der Waals surface area contributed by atoms with E-state index in [-0.39, 0.29) is 34.3 Å². The lowest BCUT2D eigenvalue weighted by molar-refractivity contribution is 0.103. The summed E-state index contributed by atoms with van der Waals surface area (Å²) in [5, 5.41) is 15.8. The van der Waals surface area contributed by atoms with E-state index in [1.807, 2.05) is 137 Å². The highest BCUT2D eigenvalue weighted by Gasteiger charge is 2.31. The fraction of sp³-hybridized carbons (Fsp3) is 0.0816. The van der Waals surface area contributed by atoms with Gasteiger partial charge in [0.2, 0.25) is 0 Å². The Labute approximate surface area is 336 Å². The molecule has 2 heterocycles. The van der Waals surface area contributed by atoms with Crippen LogP contribution in [0.4, 0.5) is 16.4 Å². The fourth-order valence-electron chi connectivity index (χ4n) is 7.12. The third-order valence-corrected chi connectivity index (χ3v) is 10.0. The first-order valence-electron chi connectivity index (χ1n) is 19.0. The van der Waals surface area contributed by atoms with Crippen LogP contribution >= 0.6 is 0 Å². The standard InChI is InChI=1S/C49H40N6O3/c1-31-25-27-33(3)39(29-31)54-43(35-17-9-5-10-18-35)41(45(56)37-21-13-7-14-22-37)47(52-54)50-49(58)51-48-42(46(57)38-23-15-8-16-24-38)44(36-19-11-6-12-20-36)55(53-48)40-30-32(2)26-28-34(40)4/h5-30H,1-4H3,(H2,50,51,52,53,58). The average molecular weight is 761 g/mol. The van der Waals surface area contributed by atoms with Gasteiger partial charge in [-0.15, -0.1) is 10.2 Å². The fourth-order valence-corrected chi connectivity index (χ4v) is 7.12. The number of amides is 2. The second kappa shape index (κ2) is 15.8. The van der Waals surface area contributed by atoms with Crippen LogP contribution in [0.5, 0.6) is 0 Å². The van der Waals surface area contributed by atoms with Crippen molar-refractivity contribution in [3.8, 4) is 33.9 Å². The summed E-state index contributed by atoms with van der Waals surface area (Å²) in [6.45, 7) is 7.94. The van der Waals surface area contributed by atoms with E-state index in [0.29, 0.717) is 22.5 Å². The highest BCUT2D eigenvalue weighted by atomic mass is 16.2. The minimum absolute atomic E-state index is 0.0410. The van der Waals surface area contributed by atoms with Crippen molar-refractivity contribution in [3.05, 3.63) is 202 Å². The molecule has 0 saturated carbocycles. The summed E-state index contributed by atoms with van der Waals surface area (Å²) < 4.78 is 3.44. The third kappa shape index (κ3) is 7.24. The first-order chi connectivity index (χ1) is 28.2. The van der Waals surface area contributed by atoms with E-state index in [9.17, 15) is 14.4 Å². The van der Waals surface area contributed by atoms with Gasteiger partial charge in [0.05, 0.1) is 33.9 Å². The number of carbonyl (C=O) groups is 3. The Kier molecular flexibility index (Phi) is 10.2. The Balaban J connectivity index is 1.31. The molecular weight excluding hydrogens is 721 g/mol. The topological polar surface area (TPSA) is 111 Å². The van der Waals surface area contributed by atoms with Crippen molar-refractivity contribution in [3.63, 3.8) is 0 Å². The molecule has 0 aliphatic heterocycles. The molecule has 2 N–H and O–H groups in total. The average Bonchev–Trinajstić information content (AvgIpc) is 3.81. The predicted octanol–water partition coefficient (Wildman–Crippen LogP) is 10.7. The number of aryl methyl sites for hydroxylation is 4. The second-order valence-electron chi connectivity index (χ2n) is 14.2. The number of nitrogens with one attached hydrogen (secondary N) is 2. The van der Waals surface area contributed by atoms with E-state index in [0.717, 1.165) is 44.8 Å². The van der Waals surface area contributed by atoms with Gasteiger partial charge in [-0.2, -0.15) is 0 Å². The molecule has 8 rings (SSSR count). The monoisotopic (exact) mass is 760 g/mol. The smallest absolute Gasteiger partial charge is 0.290 e. The van der Waals surface area contributed by atoms with Gasteiger partial charge in [0.15, 0.2) is 23.2 Å². The number of anilines is 2. The van der Waals surface area contributed by atoms with Crippen LogP contribution in [0.25, 0.3) is 33.9 Å². The van der Waals surface area contributed by atoms with Crippen molar-refractivity contribution in [1.82, 2.24) is 19.6 Å². The lowest BCUT2D eigenvalue weighted by Crippen LogP contribution is -2.23. The molecule has 2 aromatic heterocycles. The molecule has 284 valence electrons. The molecule has 0 fully saturated rings. The van der Waals surface area contributed by atoms with Crippen molar-refractivity contribution in [2.24, 2.45) is 0 Å². The molecule has 0 saturated heterocycles. The summed E-state index contributed by atoms with van der Waals surface area (Å²) in [4.78, 5) is 43.8. The van der Waals surface area contributed by atoms with Gasteiger partial charge >= 0.3 is 6.03 Å². The Morgan fingerprint density at radius 1 is 0.448 bits per heavy atom. The summed E-state index contributed by atoms with van der Waals surface area (Å²) in [5.41, 5.74) is 9.15. The molecule has 0 aliphatic rings. The van der Waals surface area contributed by atoms with Crippen molar-refractivity contribution >= 4 is 29.2 Å². The molecule has 9 heteroatoms. The minimum atomic E-state index is -0.736. The number of aromatic nitrogens is 4.